The van der Waals surface area contributed by atoms with Gasteiger partial charge in [-0.3, -0.25) is 9.59 Å². The topological polar surface area (TPSA) is 114 Å². The van der Waals surface area contributed by atoms with Gasteiger partial charge >= 0.3 is 11.8 Å². The Morgan fingerprint density at radius 3 is 2.35 bits per heavy atom. The number of sulfonamides is 1. The number of methoxy groups -OCH3 is 1. The van der Waals surface area contributed by atoms with Crippen molar-refractivity contribution in [3.05, 3.63) is 29.8 Å². The molecule has 2 amide bonds. The van der Waals surface area contributed by atoms with Crippen molar-refractivity contribution in [3.8, 4) is 0 Å². The highest BCUT2D eigenvalue weighted by Gasteiger charge is 2.26. The smallest absolute Gasteiger partial charge is 0.309 e. The van der Waals surface area contributed by atoms with Gasteiger partial charge < -0.3 is 20.1 Å². The molecule has 0 bridgehead atoms. The number of morpholine rings is 1. The van der Waals surface area contributed by atoms with E-state index in [1.165, 1.54) is 23.5 Å². The van der Waals surface area contributed by atoms with Crippen molar-refractivity contribution < 1.29 is 27.5 Å². The van der Waals surface area contributed by atoms with E-state index in [0.29, 0.717) is 38.5 Å². The molecule has 1 saturated heterocycles. The lowest BCUT2D eigenvalue weighted by molar-refractivity contribution is -0.139. The molecule has 0 saturated carbocycles. The molecule has 2 N–H and O–H groups in total. The Morgan fingerprint density at radius 2 is 1.73 bits per heavy atom. The summed E-state index contributed by atoms with van der Waals surface area (Å²) in [5, 5.41) is 4.89. The lowest BCUT2D eigenvalue weighted by Crippen LogP contribution is -2.41. The summed E-state index contributed by atoms with van der Waals surface area (Å²) >= 11 is 0. The Balaban J connectivity index is 1.89. The zero-order chi connectivity index (χ0) is 19.0. The van der Waals surface area contributed by atoms with Crippen molar-refractivity contribution in [1.82, 2.24) is 14.9 Å². The molecule has 0 radical (unpaired) electrons. The van der Waals surface area contributed by atoms with E-state index in [4.69, 9.17) is 9.47 Å². The predicted octanol–water partition coefficient (Wildman–Crippen LogP) is -0.914. The van der Waals surface area contributed by atoms with Gasteiger partial charge in [-0.05, 0) is 17.7 Å². The molecule has 1 aromatic rings. The molecule has 1 fully saturated rings. The molecule has 0 unspecified atom stereocenters. The van der Waals surface area contributed by atoms with Crippen molar-refractivity contribution in [2.45, 2.75) is 11.4 Å². The molecule has 9 nitrogen and oxygen atoms in total. The first-order valence-corrected chi connectivity index (χ1v) is 9.61. The molecule has 1 aromatic carbocycles. The normalized spacial score (nSPS) is 15.4. The van der Waals surface area contributed by atoms with Crippen LogP contribution >= 0.6 is 0 Å². The van der Waals surface area contributed by atoms with Crippen LogP contribution in [0.1, 0.15) is 5.56 Å². The molecule has 1 heterocycles. The van der Waals surface area contributed by atoms with E-state index >= 15 is 0 Å². The second-order valence-electron chi connectivity index (χ2n) is 5.59. The van der Waals surface area contributed by atoms with Crippen LogP contribution in [0.15, 0.2) is 29.2 Å². The van der Waals surface area contributed by atoms with E-state index in [1.807, 2.05) is 0 Å². The van der Waals surface area contributed by atoms with Gasteiger partial charge in [0.1, 0.15) is 0 Å². The SMILES string of the molecule is COCCNC(=O)C(=O)NCc1ccc(S(=O)(=O)N2CCOCC2)cc1. The number of nitrogens with zero attached hydrogens (tertiary/aromatic N) is 1. The van der Waals surface area contributed by atoms with Crippen LogP contribution in [0.2, 0.25) is 0 Å². The first kappa shape index (κ1) is 20.3. The Hall–Kier alpha value is -2.01. The highest BCUT2D eigenvalue weighted by Crippen LogP contribution is 2.17. The van der Waals surface area contributed by atoms with Crippen LogP contribution in [-0.2, 0) is 35.6 Å². The van der Waals surface area contributed by atoms with Gasteiger partial charge in [0.25, 0.3) is 0 Å². The zero-order valence-corrected chi connectivity index (χ0v) is 15.4. The summed E-state index contributed by atoms with van der Waals surface area (Å²) in [5.41, 5.74) is 0.684. The summed E-state index contributed by atoms with van der Waals surface area (Å²) in [6.07, 6.45) is 0. The fourth-order valence-electron chi connectivity index (χ4n) is 2.32. The molecule has 0 atom stereocenters. The van der Waals surface area contributed by atoms with Gasteiger partial charge in [0, 0.05) is 33.3 Å². The standard InChI is InChI=1S/C16H23N3O6S/c1-24-9-6-17-15(20)16(21)18-12-13-2-4-14(5-3-13)26(22,23)19-7-10-25-11-8-19/h2-5H,6-12H2,1H3,(H,17,20)(H,18,21). The number of hydrogen-bond donors (Lipinski definition) is 2. The summed E-state index contributed by atoms with van der Waals surface area (Å²) in [5.74, 6) is -1.50. The minimum atomic E-state index is -3.55. The lowest BCUT2D eigenvalue weighted by Gasteiger charge is -2.26. The molecule has 26 heavy (non-hydrogen) atoms. The maximum Gasteiger partial charge on any atom is 0.309 e. The second-order valence-corrected chi connectivity index (χ2v) is 7.53. The summed E-state index contributed by atoms with van der Waals surface area (Å²) in [7, 11) is -2.05. The summed E-state index contributed by atoms with van der Waals surface area (Å²) in [6.45, 7) is 2.12. The number of carbonyl (C=O) groups is 2. The predicted molar refractivity (Wildman–Crippen MR) is 92.8 cm³/mol. The average molecular weight is 385 g/mol. The third-order valence-corrected chi connectivity index (χ3v) is 5.70. The average Bonchev–Trinajstić information content (AvgIpc) is 2.67. The van der Waals surface area contributed by atoms with E-state index in [0.717, 1.165) is 0 Å². The van der Waals surface area contributed by atoms with Crippen molar-refractivity contribution in [2.24, 2.45) is 0 Å². The Kier molecular flexibility index (Phi) is 7.51. The monoisotopic (exact) mass is 385 g/mol. The summed E-state index contributed by atoms with van der Waals surface area (Å²) in [4.78, 5) is 23.4. The minimum Gasteiger partial charge on any atom is -0.383 e. The molecule has 0 spiro atoms. The van der Waals surface area contributed by atoms with Crippen LogP contribution < -0.4 is 10.6 Å². The first-order chi connectivity index (χ1) is 12.4. The fourth-order valence-corrected chi connectivity index (χ4v) is 3.73. The third kappa shape index (κ3) is 5.49. The maximum absolute atomic E-state index is 12.5. The van der Waals surface area contributed by atoms with Crippen LogP contribution in [0.5, 0.6) is 0 Å². The lowest BCUT2D eigenvalue weighted by atomic mass is 10.2. The number of hydrogen-bond acceptors (Lipinski definition) is 6. The zero-order valence-electron chi connectivity index (χ0n) is 14.6. The minimum absolute atomic E-state index is 0.119. The van der Waals surface area contributed by atoms with Gasteiger partial charge in [-0.15, -0.1) is 0 Å². The largest absolute Gasteiger partial charge is 0.383 e. The molecular formula is C16H23N3O6S. The van der Waals surface area contributed by atoms with E-state index < -0.39 is 21.8 Å². The third-order valence-electron chi connectivity index (χ3n) is 3.78. The van der Waals surface area contributed by atoms with Gasteiger partial charge in [-0.2, -0.15) is 4.31 Å². The number of rotatable bonds is 7. The van der Waals surface area contributed by atoms with E-state index in [2.05, 4.69) is 10.6 Å². The molecule has 1 aliphatic rings. The van der Waals surface area contributed by atoms with Gasteiger partial charge in [0.2, 0.25) is 10.0 Å². The summed E-state index contributed by atoms with van der Waals surface area (Å²) in [6, 6.07) is 6.20. The van der Waals surface area contributed by atoms with Crippen LogP contribution in [0.3, 0.4) is 0 Å². The molecular weight excluding hydrogens is 362 g/mol. The maximum atomic E-state index is 12.5. The van der Waals surface area contributed by atoms with Crippen LogP contribution in [-0.4, -0.2) is 71.1 Å². The quantitative estimate of drug-likeness (QED) is 0.464. The van der Waals surface area contributed by atoms with E-state index in [1.54, 1.807) is 12.1 Å². The number of benzene rings is 1. The highest BCUT2D eigenvalue weighted by molar-refractivity contribution is 7.89. The van der Waals surface area contributed by atoms with Gasteiger partial charge in [0.05, 0.1) is 24.7 Å². The molecule has 0 aliphatic carbocycles. The number of carbonyl (C=O) groups excluding carboxylic acids is 2. The Bertz CT molecular complexity index is 714. The van der Waals surface area contributed by atoms with Crippen molar-refractivity contribution >= 4 is 21.8 Å². The van der Waals surface area contributed by atoms with Crippen molar-refractivity contribution in [3.63, 3.8) is 0 Å². The van der Waals surface area contributed by atoms with Crippen LogP contribution in [0.25, 0.3) is 0 Å². The number of nitrogens with one attached hydrogen (secondary N) is 2. The Labute approximate surface area is 152 Å². The van der Waals surface area contributed by atoms with Crippen LogP contribution in [0.4, 0.5) is 0 Å². The molecule has 2 rings (SSSR count). The van der Waals surface area contributed by atoms with Gasteiger partial charge in [-0.25, -0.2) is 8.42 Å². The van der Waals surface area contributed by atoms with Gasteiger partial charge in [-0.1, -0.05) is 12.1 Å². The van der Waals surface area contributed by atoms with Crippen molar-refractivity contribution in [1.29, 1.82) is 0 Å². The summed E-state index contributed by atoms with van der Waals surface area (Å²) < 4.78 is 36.4. The van der Waals surface area contributed by atoms with Crippen LogP contribution in [0, 0.1) is 0 Å². The Morgan fingerprint density at radius 1 is 1.12 bits per heavy atom. The number of amides is 2. The second kappa shape index (κ2) is 9.62. The van der Waals surface area contributed by atoms with Crippen molar-refractivity contribution in [2.75, 3.05) is 46.6 Å². The van der Waals surface area contributed by atoms with Gasteiger partial charge in [0.15, 0.2) is 0 Å². The number of ether oxygens (including phenoxy) is 2. The molecule has 10 heteroatoms. The molecule has 0 aromatic heterocycles. The molecule has 144 valence electrons. The van der Waals surface area contributed by atoms with E-state index in [9.17, 15) is 18.0 Å². The first-order valence-electron chi connectivity index (χ1n) is 8.17. The fraction of sp³-hybridized carbons (Fsp3) is 0.500. The highest BCUT2D eigenvalue weighted by atomic mass is 32.2. The van der Waals surface area contributed by atoms with E-state index in [-0.39, 0.29) is 18.0 Å². The molecule has 1 aliphatic heterocycles.